The van der Waals surface area contributed by atoms with E-state index in [1.165, 1.54) is 12.1 Å². The van der Waals surface area contributed by atoms with Gasteiger partial charge in [0.2, 0.25) is 0 Å². The van der Waals surface area contributed by atoms with E-state index in [1.807, 2.05) is 13.0 Å². The Hall–Kier alpha value is -2.01. The predicted molar refractivity (Wildman–Crippen MR) is 63.6 cm³/mol. The van der Waals surface area contributed by atoms with E-state index in [0.717, 1.165) is 5.69 Å². The van der Waals surface area contributed by atoms with Gasteiger partial charge in [-0.3, -0.25) is 5.10 Å². The average Bonchev–Trinajstić information content (AvgIpc) is 2.82. The lowest BCUT2D eigenvalue weighted by atomic mass is 10.1. The van der Waals surface area contributed by atoms with Crippen LogP contribution in [0.4, 0.5) is 0 Å². The summed E-state index contributed by atoms with van der Waals surface area (Å²) in [7, 11) is 0. The van der Waals surface area contributed by atoms with Crippen LogP contribution in [0, 0.1) is 0 Å². The maximum absolute atomic E-state index is 9.69. The Morgan fingerprint density at radius 1 is 1.35 bits per heavy atom. The van der Waals surface area contributed by atoms with Gasteiger partial charge in [0, 0.05) is 30.0 Å². The summed E-state index contributed by atoms with van der Waals surface area (Å²) in [5.74, 6) is 0.320. The van der Waals surface area contributed by atoms with Crippen molar-refractivity contribution in [1.29, 1.82) is 0 Å². The molecular weight excluding hydrogens is 218 g/mol. The van der Waals surface area contributed by atoms with Gasteiger partial charge in [0.15, 0.2) is 0 Å². The van der Waals surface area contributed by atoms with Crippen LogP contribution in [0.2, 0.25) is 0 Å². The number of hydrogen-bond acceptors (Lipinski definition) is 4. The van der Waals surface area contributed by atoms with Crippen LogP contribution in [-0.2, 0) is 6.54 Å². The van der Waals surface area contributed by atoms with Crippen molar-refractivity contribution in [3.63, 3.8) is 0 Å². The number of aromatic amines is 1. The molecule has 1 atom stereocenters. The molecule has 0 spiro atoms. The first-order valence-corrected chi connectivity index (χ1v) is 5.40. The Morgan fingerprint density at radius 3 is 2.88 bits per heavy atom. The molecule has 0 aliphatic carbocycles. The summed E-state index contributed by atoms with van der Waals surface area (Å²) in [6.07, 6.45) is 1.69. The van der Waals surface area contributed by atoms with Crippen molar-refractivity contribution < 1.29 is 10.2 Å². The lowest BCUT2D eigenvalue weighted by molar-refractivity contribution is 0.440. The molecule has 0 bridgehead atoms. The normalized spacial score (nSPS) is 12.5. The highest BCUT2D eigenvalue weighted by atomic mass is 16.3. The molecule has 5 nitrogen and oxygen atoms in total. The maximum atomic E-state index is 9.69. The fourth-order valence-electron chi connectivity index (χ4n) is 1.64. The third kappa shape index (κ3) is 2.76. The van der Waals surface area contributed by atoms with Crippen molar-refractivity contribution in [3.05, 3.63) is 41.7 Å². The summed E-state index contributed by atoms with van der Waals surface area (Å²) in [5.41, 5.74) is 1.64. The molecule has 0 aliphatic rings. The Balaban J connectivity index is 2.04. The number of nitrogens with zero attached hydrogens (tertiary/aromatic N) is 1. The van der Waals surface area contributed by atoms with Crippen molar-refractivity contribution in [1.82, 2.24) is 15.5 Å². The second-order valence-electron chi connectivity index (χ2n) is 3.93. The number of rotatable bonds is 4. The quantitative estimate of drug-likeness (QED) is 0.605. The molecule has 2 rings (SSSR count). The number of aromatic nitrogens is 2. The molecule has 1 aromatic carbocycles. The molecule has 90 valence electrons. The summed E-state index contributed by atoms with van der Waals surface area (Å²) < 4.78 is 0. The van der Waals surface area contributed by atoms with E-state index in [4.69, 9.17) is 0 Å². The zero-order chi connectivity index (χ0) is 12.3. The van der Waals surface area contributed by atoms with E-state index in [0.29, 0.717) is 12.1 Å². The second-order valence-corrected chi connectivity index (χ2v) is 3.93. The minimum Gasteiger partial charge on any atom is -0.508 e. The van der Waals surface area contributed by atoms with E-state index in [2.05, 4.69) is 15.5 Å². The van der Waals surface area contributed by atoms with Gasteiger partial charge in [-0.15, -0.1) is 0 Å². The highest BCUT2D eigenvalue weighted by Crippen LogP contribution is 2.27. The van der Waals surface area contributed by atoms with Crippen molar-refractivity contribution in [2.75, 3.05) is 0 Å². The first-order chi connectivity index (χ1) is 8.16. The van der Waals surface area contributed by atoms with E-state index < -0.39 is 0 Å². The first-order valence-electron chi connectivity index (χ1n) is 5.40. The second kappa shape index (κ2) is 4.88. The van der Waals surface area contributed by atoms with Gasteiger partial charge < -0.3 is 15.5 Å². The molecule has 0 radical (unpaired) electrons. The summed E-state index contributed by atoms with van der Waals surface area (Å²) in [6.45, 7) is 2.54. The molecular formula is C12H15N3O2. The van der Waals surface area contributed by atoms with Gasteiger partial charge in [0.25, 0.3) is 0 Å². The van der Waals surface area contributed by atoms with Gasteiger partial charge in [0.05, 0.1) is 0 Å². The van der Waals surface area contributed by atoms with E-state index in [-0.39, 0.29) is 17.5 Å². The third-order valence-electron chi connectivity index (χ3n) is 2.63. The molecule has 0 saturated heterocycles. The van der Waals surface area contributed by atoms with Gasteiger partial charge in [0.1, 0.15) is 11.5 Å². The SMILES string of the molecule is CC(NCc1ccn[nH]1)c1cc(O)ccc1O. The average molecular weight is 233 g/mol. The van der Waals surface area contributed by atoms with Crippen LogP contribution in [0.25, 0.3) is 0 Å². The van der Waals surface area contributed by atoms with Gasteiger partial charge in [-0.2, -0.15) is 5.10 Å². The first kappa shape index (κ1) is 11.5. The Morgan fingerprint density at radius 2 is 2.18 bits per heavy atom. The minimum absolute atomic E-state index is 0.0644. The van der Waals surface area contributed by atoms with Crippen LogP contribution in [-0.4, -0.2) is 20.4 Å². The number of phenolic OH excluding ortho intramolecular Hbond substituents is 2. The number of hydrogen-bond donors (Lipinski definition) is 4. The summed E-state index contributed by atoms with van der Waals surface area (Å²) in [5, 5.41) is 29.0. The minimum atomic E-state index is -0.0644. The summed E-state index contributed by atoms with van der Waals surface area (Å²) >= 11 is 0. The largest absolute Gasteiger partial charge is 0.508 e. The molecule has 1 aromatic heterocycles. The van der Waals surface area contributed by atoms with Crippen LogP contribution in [0.5, 0.6) is 11.5 Å². The van der Waals surface area contributed by atoms with Crippen LogP contribution < -0.4 is 5.32 Å². The highest BCUT2D eigenvalue weighted by Gasteiger charge is 2.10. The van der Waals surface area contributed by atoms with E-state index in [1.54, 1.807) is 12.3 Å². The lowest BCUT2D eigenvalue weighted by Gasteiger charge is -2.15. The smallest absolute Gasteiger partial charge is 0.120 e. The topological polar surface area (TPSA) is 81.2 Å². The fraction of sp³-hybridized carbons (Fsp3) is 0.250. The number of nitrogens with one attached hydrogen (secondary N) is 2. The molecule has 0 saturated carbocycles. The molecule has 0 fully saturated rings. The number of phenols is 2. The predicted octanol–water partition coefficient (Wildman–Crippen LogP) is 1.67. The molecule has 5 heteroatoms. The Kier molecular flexibility index (Phi) is 3.30. The Bertz CT molecular complexity index is 483. The zero-order valence-electron chi connectivity index (χ0n) is 9.51. The standard InChI is InChI=1S/C12H15N3O2/c1-8(13-7-9-4-5-14-15-9)11-6-10(16)2-3-12(11)17/h2-6,8,13,16-17H,7H2,1H3,(H,14,15). The van der Waals surface area contributed by atoms with Crippen LogP contribution in [0.15, 0.2) is 30.5 Å². The molecule has 1 unspecified atom stereocenters. The number of benzene rings is 1. The van der Waals surface area contributed by atoms with Crippen molar-refractivity contribution in [2.24, 2.45) is 0 Å². The van der Waals surface area contributed by atoms with Crippen LogP contribution in [0.3, 0.4) is 0 Å². The number of H-pyrrole nitrogens is 1. The molecule has 0 aliphatic heterocycles. The van der Waals surface area contributed by atoms with Gasteiger partial charge in [-0.05, 0) is 31.2 Å². The molecule has 1 heterocycles. The van der Waals surface area contributed by atoms with Crippen molar-refractivity contribution >= 4 is 0 Å². The van der Waals surface area contributed by atoms with Crippen molar-refractivity contribution in [3.8, 4) is 11.5 Å². The van der Waals surface area contributed by atoms with Gasteiger partial charge in [-0.1, -0.05) is 0 Å². The highest BCUT2D eigenvalue weighted by molar-refractivity contribution is 5.40. The zero-order valence-corrected chi connectivity index (χ0v) is 9.51. The van der Waals surface area contributed by atoms with Crippen molar-refractivity contribution in [2.45, 2.75) is 19.5 Å². The third-order valence-corrected chi connectivity index (χ3v) is 2.63. The number of aromatic hydroxyl groups is 2. The monoisotopic (exact) mass is 233 g/mol. The van der Waals surface area contributed by atoms with Crippen LogP contribution in [0.1, 0.15) is 24.2 Å². The maximum Gasteiger partial charge on any atom is 0.120 e. The Labute approximate surface area is 99.1 Å². The molecule has 0 amide bonds. The van der Waals surface area contributed by atoms with Gasteiger partial charge >= 0.3 is 0 Å². The summed E-state index contributed by atoms with van der Waals surface area (Å²) in [4.78, 5) is 0. The lowest BCUT2D eigenvalue weighted by Crippen LogP contribution is -2.18. The van der Waals surface area contributed by atoms with E-state index in [9.17, 15) is 10.2 Å². The molecule has 4 N–H and O–H groups in total. The molecule has 2 aromatic rings. The summed E-state index contributed by atoms with van der Waals surface area (Å²) in [6, 6.07) is 6.31. The van der Waals surface area contributed by atoms with Gasteiger partial charge in [-0.25, -0.2) is 0 Å². The van der Waals surface area contributed by atoms with Crippen LogP contribution >= 0.6 is 0 Å². The molecule has 17 heavy (non-hydrogen) atoms. The fourth-order valence-corrected chi connectivity index (χ4v) is 1.64. The van der Waals surface area contributed by atoms with E-state index >= 15 is 0 Å².